The molecule has 2 N–H and O–H groups in total. The van der Waals surface area contributed by atoms with E-state index in [1.54, 1.807) is 56.5 Å². The molecule has 0 radical (unpaired) electrons. The van der Waals surface area contributed by atoms with Crippen LogP contribution in [-0.4, -0.2) is 22.0 Å². The largest absolute Gasteiger partial charge is 0.497 e. The summed E-state index contributed by atoms with van der Waals surface area (Å²) in [6, 6.07) is 11.9. The van der Waals surface area contributed by atoms with Crippen LogP contribution in [0.5, 0.6) is 5.75 Å². The van der Waals surface area contributed by atoms with Gasteiger partial charge in [0.05, 0.1) is 22.1 Å². The van der Waals surface area contributed by atoms with Crippen molar-refractivity contribution in [1.29, 1.82) is 0 Å². The third-order valence-corrected chi connectivity index (χ3v) is 4.51. The second-order valence-electron chi connectivity index (χ2n) is 5.69. The lowest BCUT2D eigenvalue weighted by Gasteiger charge is -2.11. The normalized spacial score (nSPS) is 10.4. The van der Waals surface area contributed by atoms with Crippen molar-refractivity contribution < 1.29 is 9.66 Å². The van der Waals surface area contributed by atoms with Gasteiger partial charge in [-0.3, -0.25) is 10.1 Å². The minimum absolute atomic E-state index is 0.0604. The Labute approximate surface area is 170 Å². The topological polar surface area (TPSA) is 102 Å². The minimum Gasteiger partial charge on any atom is -0.497 e. The van der Waals surface area contributed by atoms with E-state index in [9.17, 15) is 10.1 Å². The van der Waals surface area contributed by atoms with E-state index in [1.807, 2.05) is 0 Å². The molecule has 0 bridgehead atoms. The fourth-order valence-corrected chi connectivity index (χ4v) is 2.74. The minimum atomic E-state index is -0.524. The monoisotopic (exact) mass is 419 g/mol. The highest BCUT2D eigenvalue weighted by Gasteiger charge is 2.22. The number of halogens is 2. The van der Waals surface area contributed by atoms with E-state index in [4.69, 9.17) is 27.9 Å². The van der Waals surface area contributed by atoms with E-state index in [1.165, 1.54) is 0 Å². The summed E-state index contributed by atoms with van der Waals surface area (Å²) < 4.78 is 5.11. The van der Waals surface area contributed by atoms with Crippen LogP contribution in [0.1, 0.15) is 5.69 Å². The number of aryl methyl sites for hydroxylation is 1. The standard InChI is InChI=1S/C18H15Cl2N5O3/c1-10-16(25(26)27)17(22-11-3-6-13(28-2)7-4-11)24-18(21-10)23-12-5-8-14(19)15(20)9-12/h3-9H,1-2H3,(H2,21,22,23,24). The van der Waals surface area contributed by atoms with Crippen molar-refractivity contribution >= 4 is 52.0 Å². The van der Waals surface area contributed by atoms with Gasteiger partial charge in [-0.05, 0) is 49.4 Å². The molecular weight excluding hydrogens is 405 g/mol. The molecule has 0 amide bonds. The summed E-state index contributed by atoms with van der Waals surface area (Å²) in [5.74, 6) is 0.906. The maximum absolute atomic E-state index is 11.5. The Balaban J connectivity index is 1.96. The van der Waals surface area contributed by atoms with Crippen molar-refractivity contribution in [3.05, 3.63) is 68.3 Å². The Hall–Kier alpha value is -3.10. The molecule has 8 nitrogen and oxygen atoms in total. The van der Waals surface area contributed by atoms with Crippen LogP contribution in [0.15, 0.2) is 42.5 Å². The molecule has 0 spiro atoms. The predicted octanol–water partition coefficient (Wildman–Crippen LogP) is 5.50. The van der Waals surface area contributed by atoms with Gasteiger partial charge in [-0.1, -0.05) is 23.2 Å². The first-order valence-corrected chi connectivity index (χ1v) is 8.79. The number of nitrogens with one attached hydrogen (secondary N) is 2. The second-order valence-corrected chi connectivity index (χ2v) is 6.51. The van der Waals surface area contributed by atoms with Crippen LogP contribution in [0.4, 0.5) is 28.8 Å². The first-order valence-electron chi connectivity index (χ1n) is 8.03. The van der Waals surface area contributed by atoms with E-state index in [2.05, 4.69) is 20.6 Å². The zero-order valence-corrected chi connectivity index (χ0v) is 16.4. The smallest absolute Gasteiger partial charge is 0.332 e. The highest BCUT2D eigenvalue weighted by atomic mass is 35.5. The predicted molar refractivity (Wildman–Crippen MR) is 109 cm³/mol. The molecule has 1 heterocycles. The number of nitrogens with zero attached hydrogens (tertiary/aromatic N) is 3. The van der Waals surface area contributed by atoms with E-state index in [0.717, 1.165) is 0 Å². The molecule has 0 saturated heterocycles. The summed E-state index contributed by atoms with van der Waals surface area (Å²) in [4.78, 5) is 19.4. The fraction of sp³-hybridized carbons (Fsp3) is 0.111. The maximum Gasteiger partial charge on any atom is 0.332 e. The number of hydrogen-bond acceptors (Lipinski definition) is 7. The maximum atomic E-state index is 11.5. The number of hydrogen-bond donors (Lipinski definition) is 2. The number of aromatic nitrogens is 2. The van der Waals surface area contributed by atoms with Crippen molar-refractivity contribution in [3.63, 3.8) is 0 Å². The van der Waals surface area contributed by atoms with Crippen molar-refractivity contribution in [2.45, 2.75) is 6.92 Å². The molecule has 3 rings (SSSR count). The van der Waals surface area contributed by atoms with Gasteiger partial charge in [0, 0.05) is 11.4 Å². The molecule has 0 atom stereocenters. The molecule has 2 aromatic carbocycles. The number of ether oxygens (including phenoxy) is 1. The number of benzene rings is 2. The summed E-state index contributed by atoms with van der Waals surface area (Å²) in [6.45, 7) is 1.54. The third-order valence-electron chi connectivity index (χ3n) is 3.77. The van der Waals surface area contributed by atoms with Gasteiger partial charge in [-0.2, -0.15) is 4.98 Å². The number of nitro groups is 1. The number of rotatable bonds is 6. The lowest BCUT2D eigenvalue weighted by Crippen LogP contribution is -2.07. The van der Waals surface area contributed by atoms with Gasteiger partial charge in [-0.25, -0.2) is 4.98 Å². The van der Waals surface area contributed by atoms with Gasteiger partial charge in [-0.15, -0.1) is 0 Å². The summed E-state index contributed by atoms with van der Waals surface area (Å²) in [7, 11) is 1.56. The zero-order chi connectivity index (χ0) is 20.3. The van der Waals surface area contributed by atoms with Crippen LogP contribution < -0.4 is 15.4 Å². The van der Waals surface area contributed by atoms with Gasteiger partial charge in [0.15, 0.2) is 0 Å². The highest BCUT2D eigenvalue weighted by molar-refractivity contribution is 6.42. The summed E-state index contributed by atoms with van der Waals surface area (Å²) >= 11 is 11.9. The first-order chi connectivity index (χ1) is 13.4. The molecule has 0 aliphatic rings. The Kier molecular flexibility index (Phi) is 5.81. The lowest BCUT2D eigenvalue weighted by atomic mass is 10.3. The van der Waals surface area contributed by atoms with Gasteiger partial charge < -0.3 is 15.4 Å². The Morgan fingerprint density at radius 3 is 2.29 bits per heavy atom. The first kappa shape index (κ1) is 19.7. The van der Waals surface area contributed by atoms with E-state index >= 15 is 0 Å². The Morgan fingerprint density at radius 1 is 1.00 bits per heavy atom. The van der Waals surface area contributed by atoms with Crippen molar-refractivity contribution in [3.8, 4) is 5.75 Å². The molecule has 144 valence electrons. The van der Waals surface area contributed by atoms with Gasteiger partial charge in [0.1, 0.15) is 11.4 Å². The molecular formula is C18H15Cl2N5O3. The summed E-state index contributed by atoms with van der Waals surface area (Å²) in [5, 5.41) is 18.2. The Bertz CT molecular complexity index is 1030. The molecule has 28 heavy (non-hydrogen) atoms. The molecule has 0 unspecified atom stereocenters. The molecule has 10 heteroatoms. The van der Waals surface area contributed by atoms with Crippen molar-refractivity contribution in [1.82, 2.24) is 9.97 Å². The quantitative estimate of drug-likeness (QED) is 0.401. The molecule has 0 saturated carbocycles. The highest BCUT2D eigenvalue weighted by Crippen LogP contribution is 2.31. The average Bonchev–Trinajstić information content (AvgIpc) is 2.65. The van der Waals surface area contributed by atoms with Crippen LogP contribution >= 0.6 is 23.2 Å². The van der Waals surface area contributed by atoms with Crippen LogP contribution in [-0.2, 0) is 0 Å². The van der Waals surface area contributed by atoms with Crippen LogP contribution in [0.3, 0.4) is 0 Å². The molecule has 0 aliphatic heterocycles. The molecule has 1 aromatic heterocycles. The SMILES string of the molecule is COc1ccc(Nc2nc(Nc3ccc(Cl)c(Cl)c3)nc(C)c2[N+](=O)[O-])cc1. The zero-order valence-electron chi connectivity index (χ0n) is 14.9. The molecule has 0 fully saturated rings. The number of methoxy groups -OCH3 is 1. The van der Waals surface area contributed by atoms with Crippen LogP contribution in [0, 0.1) is 17.0 Å². The van der Waals surface area contributed by atoms with Crippen molar-refractivity contribution in [2.24, 2.45) is 0 Å². The summed E-state index contributed by atoms with van der Waals surface area (Å²) in [5.41, 5.74) is 1.20. The van der Waals surface area contributed by atoms with Crippen LogP contribution in [0.25, 0.3) is 0 Å². The molecule has 0 aliphatic carbocycles. The van der Waals surface area contributed by atoms with E-state index in [-0.39, 0.29) is 23.1 Å². The van der Waals surface area contributed by atoms with Crippen molar-refractivity contribution in [2.75, 3.05) is 17.7 Å². The summed E-state index contributed by atoms with van der Waals surface area (Å²) in [6.07, 6.45) is 0. The average molecular weight is 420 g/mol. The second kappa shape index (κ2) is 8.28. The van der Waals surface area contributed by atoms with Gasteiger partial charge in [0.2, 0.25) is 11.8 Å². The Morgan fingerprint density at radius 2 is 1.68 bits per heavy atom. The van der Waals surface area contributed by atoms with E-state index < -0.39 is 4.92 Å². The van der Waals surface area contributed by atoms with E-state index in [0.29, 0.717) is 27.2 Å². The van der Waals surface area contributed by atoms with Gasteiger partial charge in [0.25, 0.3) is 0 Å². The third kappa shape index (κ3) is 4.41. The lowest BCUT2D eigenvalue weighted by molar-refractivity contribution is -0.385. The van der Waals surface area contributed by atoms with Gasteiger partial charge >= 0.3 is 5.69 Å². The molecule has 3 aromatic rings. The van der Waals surface area contributed by atoms with Crippen LogP contribution in [0.2, 0.25) is 10.0 Å². The number of anilines is 4. The fourth-order valence-electron chi connectivity index (χ4n) is 2.44.